The van der Waals surface area contributed by atoms with E-state index in [2.05, 4.69) is 32.9 Å². The van der Waals surface area contributed by atoms with Crippen LogP contribution in [0.2, 0.25) is 0 Å². The lowest BCUT2D eigenvalue weighted by Crippen LogP contribution is -2.51. The fourth-order valence-electron chi connectivity index (χ4n) is 8.56. The highest BCUT2D eigenvalue weighted by Crippen LogP contribution is 2.44. The number of nitrogens with one attached hydrogen (secondary N) is 1. The van der Waals surface area contributed by atoms with Crippen molar-refractivity contribution in [3.63, 3.8) is 0 Å². The van der Waals surface area contributed by atoms with Gasteiger partial charge < -0.3 is 24.8 Å². The van der Waals surface area contributed by atoms with Gasteiger partial charge in [-0.2, -0.15) is 9.97 Å². The van der Waals surface area contributed by atoms with Crippen molar-refractivity contribution in [2.24, 2.45) is 5.92 Å². The topological polar surface area (TPSA) is 95.9 Å². The summed E-state index contributed by atoms with van der Waals surface area (Å²) in [5, 5.41) is 15.4. The lowest BCUT2D eigenvalue weighted by Gasteiger charge is -2.35. The third kappa shape index (κ3) is 5.00. The van der Waals surface area contributed by atoms with Crippen molar-refractivity contribution in [1.82, 2.24) is 25.2 Å². The lowest BCUT2D eigenvalue weighted by atomic mass is 9.92. The van der Waals surface area contributed by atoms with Gasteiger partial charge in [-0.25, -0.2) is 13.8 Å². The van der Waals surface area contributed by atoms with Gasteiger partial charge in [0.05, 0.1) is 17.7 Å². The van der Waals surface area contributed by atoms with E-state index in [1.807, 2.05) is 6.92 Å². The number of pyridine rings is 1. The Bertz CT molecular complexity index is 1940. The number of hydrogen-bond donors (Lipinski definition) is 2. The van der Waals surface area contributed by atoms with Gasteiger partial charge in [0.1, 0.15) is 40.6 Å². The number of ether oxygens (including phenoxy) is 2. The van der Waals surface area contributed by atoms with E-state index in [1.165, 1.54) is 24.3 Å². The highest BCUT2D eigenvalue weighted by Gasteiger charge is 2.48. The fraction of sp³-hybridized carbons (Fsp3) is 0.472. The monoisotopic (exact) mass is 640 g/mol. The molecule has 0 aliphatic carbocycles. The van der Waals surface area contributed by atoms with E-state index in [-0.39, 0.29) is 69.6 Å². The number of aromatic nitrogens is 3. The average Bonchev–Trinajstić information content (AvgIpc) is 3.71. The van der Waals surface area contributed by atoms with Crippen molar-refractivity contribution in [2.75, 3.05) is 44.3 Å². The van der Waals surface area contributed by atoms with Crippen molar-refractivity contribution in [3.05, 3.63) is 41.5 Å². The van der Waals surface area contributed by atoms with Crippen LogP contribution in [0.3, 0.4) is 0 Å². The predicted octanol–water partition coefficient (Wildman–Crippen LogP) is 5.40. The molecule has 2 N–H and O–H groups in total. The molecule has 0 spiro atoms. The summed E-state index contributed by atoms with van der Waals surface area (Å²) in [6.45, 7) is 8.21. The highest BCUT2D eigenvalue weighted by molar-refractivity contribution is 6.04. The molecule has 2 bridgehead atoms. The Morgan fingerprint density at radius 1 is 1.09 bits per heavy atom. The van der Waals surface area contributed by atoms with Crippen LogP contribution in [0.5, 0.6) is 17.6 Å². The first kappa shape index (κ1) is 30.1. The summed E-state index contributed by atoms with van der Waals surface area (Å²) in [5.41, 5.74) is -0.173. The van der Waals surface area contributed by atoms with E-state index < -0.39 is 11.6 Å². The molecule has 2 unspecified atom stereocenters. The zero-order chi connectivity index (χ0) is 32.4. The van der Waals surface area contributed by atoms with E-state index >= 15 is 4.39 Å². The van der Waals surface area contributed by atoms with E-state index in [0.29, 0.717) is 42.2 Å². The molecule has 2 aromatic carbocycles. The molecule has 244 valence electrons. The number of hydrogen-bond acceptors (Lipinski definition) is 9. The minimum Gasteiger partial charge on any atom is -0.508 e. The molecule has 11 heteroatoms. The van der Waals surface area contributed by atoms with Crippen molar-refractivity contribution in [1.29, 1.82) is 0 Å². The van der Waals surface area contributed by atoms with Gasteiger partial charge in [0.15, 0.2) is 5.82 Å². The van der Waals surface area contributed by atoms with Crippen LogP contribution in [-0.4, -0.2) is 82.0 Å². The summed E-state index contributed by atoms with van der Waals surface area (Å²) in [4.78, 5) is 19.0. The molecule has 2 aromatic heterocycles. The molecule has 4 fully saturated rings. The van der Waals surface area contributed by atoms with Crippen LogP contribution >= 0.6 is 0 Å². The Labute approximate surface area is 272 Å². The van der Waals surface area contributed by atoms with Crippen LogP contribution in [0.15, 0.2) is 24.3 Å². The van der Waals surface area contributed by atoms with Gasteiger partial charge in [-0.1, -0.05) is 18.9 Å². The minimum atomic E-state index is -0.760. The maximum atomic E-state index is 17.1. The number of phenolic OH excluding ortho intramolecular Hbond substituents is 1. The van der Waals surface area contributed by atoms with Crippen LogP contribution < -0.4 is 19.7 Å². The van der Waals surface area contributed by atoms with Crippen LogP contribution in [-0.2, 0) is 0 Å². The first-order valence-corrected chi connectivity index (χ1v) is 16.6. The smallest absolute Gasteiger partial charge is 0.319 e. The molecule has 8 rings (SSSR count). The van der Waals surface area contributed by atoms with E-state index in [4.69, 9.17) is 25.9 Å². The molecule has 0 saturated carbocycles. The Hall–Kier alpha value is -4.27. The molecule has 0 amide bonds. The number of phenols is 1. The molecular weight excluding hydrogens is 602 g/mol. The summed E-state index contributed by atoms with van der Waals surface area (Å²) in [5.74, 6) is 2.10. The number of rotatable bonds is 7. The second-order valence-corrected chi connectivity index (χ2v) is 13.6. The van der Waals surface area contributed by atoms with Gasteiger partial charge in [-0.15, -0.1) is 6.42 Å². The van der Waals surface area contributed by atoms with Gasteiger partial charge in [-0.3, -0.25) is 4.90 Å². The summed E-state index contributed by atoms with van der Waals surface area (Å²) in [7, 11) is 0. The quantitative estimate of drug-likeness (QED) is 0.258. The minimum absolute atomic E-state index is 0.0138. The Morgan fingerprint density at radius 2 is 1.89 bits per heavy atom. The summed E-state index contributed by atoms with van der Waals surface area (Å²) in [6, 6.07) is 6.21. The summed E-state index contributed by atoms with van der Waals surface area (Å²) >= 11 is 0. The molecule has 0 radical (unpaired) electrons. The maximum absolute atomic E-state index is 17.1. The third-order valence-electron chi connectivity index (χ3n) is 10.4. The van der Waals surface area contributed by atoms with Crippen molar-refractivity contribution in [2.45, 2.75) is 63.6 Å². The van der Waals surface area contributed by atoms with Crippen LogP contribution in [0.1, 0.15) is 51.5 Å². The SMILES string of the molecule is C#Cc1c(F)ccc2cc(O)cc(-c3nc(OCC)c4c(N5C[C@H]6CC[C@@H](C5)N6)nc(OCC56CCCN5CC(C)C6)nc4c3F)c12. The average molecular weight is 641 g/mol. The van der Waals surface area contributed by atoms with E-state index in [0.717, 1.165) is 45.2 Å². The molecule has 47 heavy (non-hydrogen) atoms. The first-order valence-electron chi connectivity index (χ1n) is 16.6. The van der Waals surface area contributed by atoms with Crippen molar-refractivity contribution < 1.29 is 23.4 Å². The Morgan fingerprint density at radius 3 is 2.66 bits per heavy atom. The molecule has 4 atom stereocenters. The third-order valence-corrected chi connectivity index (χ3v) is 10.4. The molecule has 9 nitrogen and oxygen atoms in total. The first-order chi connectivity index (χ1) is 22.8. The number of fused-ring (bicyclic) bond motifs is 5. The predicted molar refractivity (Wildman–Crippen MR) is 176 cm³/mol. The number of aromatic hydroxyl groups is 1. The number of terminal acetylenes is 1. The molecule has 4 aliphatic rings. The van der Waals surface area contributed by atoms with Crippen LogP contribution in [0.25, 0.3) is 32.9 Å². The highest BCUT2D eigenvalue weighted by atomic mass is 19.1. The van der Waals surface area contributed by atoms with E-state index in [1.54, 1.807) is 0 Å². The van der Waals surface area contributed by atoms with E-state index in [9.17, 15) is 9.50 Å². The largest absolute Gasteiger partial charge is 0.508 e. The number of benzene rings is 2. The van der Waals surface area contributed by atoms with Crippen molar-refractivity contribution in [3.8, 4) is 41.2 Å². The Kier molecular flexibility index (Phi) is 7.33. The van der Waals surface area contributed by atoms with Gasteiger partial charge in [-0.05, 0) is 75.1 Å². The summed E-state index contributed by atoms with van der Waals surface area (Å²) < 4.78 is 44.7. The van der Waals surface area contributed by atoms with Gasteiger partial charge in [0.25, 0.3) is 0 Å². The number of halogens is 2. The number of piperazine rings is 1. The van der Waals surface area contributed by atoms with Gasteiger partial charge in [0, 0.05) is 42.7 Å². The van der Waals surface area contributed by atoms with Crippen LogP contribution in [0.4, 0.5) is 14.6 Å². The van der Waals surface area contributed by atoms with Crippen molar-refractivity contribution >= 4 is 27.5 Å². The second kappa shape index (κ2) is 11.5. The molecule has 4 aliphatic heterocycles. The molecule has 6 heterocycles. The zero-order valence-electron chi connectivity index (χ0n) is 26.7. The second-order valence-electron chi connectivity index (χ2n) is 13.6. The normalized spacial score (nSPS) is 25.4. The lowest BCUT2D eigenvalue weighted by molar-refractivity contribution is 0.107. The zero-order valence-corrected chi connectivity index (χ0v) is 26.7. The molecule has 4 aromatic rings. The Balaban J connectivity index is 1.33. The standard InChI is InChI=1S/C36H38F2N6O3/c1-4-25-27(37)10-7-21-13-24(45)14-26(28(21)25)31-30(38)32-29(34(40-31)46-5-2)33(43-17-22-8-9-23(18-43)39-22)42-35(41-32)47-19-36-11-6-12-44(36)16-20(3)15-36/h1,7,10,13-14,20,22-23,39,45H,5-6,8-9,11-12,15-19H2,2-3H3/t20?,22-,23+,36?. The number of anilines is 1. The van der Waals surface area contributed by atoms with Gasteiger partial charge >= 0.3 is 6.01 Å². The number of nitrogens with zero attached hydrogens (tertiary/aromatic N) is 5. The summed E-state index contributed by atoms with van der Waals surface area (Å²) in [6.07, 6.45) is 11.0. The molecular formula is C36H38F2N6O3. The van der Waals surface area contributed by atoms with Gasteiger partial charge in [0.2, 0.25) is 5.88 Å². The van der Waals surface area contributed by atoms with Crippen LogP contribution in [0, 0.1) is 29.9 Å². The molecule has 4 saturated heterocycles. The fourth-order valence-corrected chi connectivity index (χ4v) is 8.56. The maximum Gasteiger partial charge on any atom is 0.319 e.